The van der Waals surface area contributed by atoms with E-state index in [1.807, 2.05) is 0 Å². The summed E-state index contributed by atoms with van der Waals surface area (Å²) < 4.78 is 0. The van der Waals surface area contributed by atoms with Gasteiger partial charge in [0.25, 0.3) is 0 Å². The van der Waals surface area contributed by atoms with Crippen molar-refractivity contribution in [2.75, 3.05) is 0 Å². The maximum absolute atomic E-state index is 2.29. The minimum atomic E-state index is 1.19. The lowest BCUT2D eigenvalue weighted by Crippen LogP contribution is -1.88. The number of rotatable bonds is 6. The molecule has 0 aliphatic heterocycles. The standard InChI is InChI=1S/C46H32/c1-3-10-37(11-4-1)46(38-12-5-2-6-13-38)30-35-19-22-40-27-33(17-20-41(40)29-35)15-16-34-18-21-43-32-45(26-25-42(43)28-34)44-24-23-36-9-7-8-14-39(36)31-44/h1-32H. The maximum atomic E-state index is 2.29. The molecule has 216 valence electrons. The van der Waals surface area contributed by atoms with Crippen molar-refractivity contribution < 1.29 is 0 Å². The van der Waals surface area contributed by atoms with Gasteiger partial charge in [-0.1, -0.05) is 158 Å². The largest absolute Gasteiger partial charge is 0.0622 e. The molecule has 0 amide bonds. The summed E-state index contributed by atoms with van der Waals surface area (Å²) >= 11 is 0. The summed E-state index contributed by atoms with van der Waals surface area (Å²) in [4.78, 5) is 0. The molecule has 0 N–H and O–H groups in total. The van der Waals surface area contributed by atoms with E-state index in [4.69, 9.17) is 0 Å². The summed E-state index contributed by atoms with van der Waals surface area (Å²) in [7, 11) is 0. The number of hydrogen-bond donors (Lipinski definition) is 0. The summed E-state index contributed by atoms with van der Waals surface area (Å²) in [5.74, 6) is 0. The highest BCUT2D eigenvalue weighted by Gasteiger charge is 2.06. The Bertz CT molecular complexity index is 2350. The van der Waals surface area contributed by atoms with Gasteiger partial charge in [0.05, 0.1) is 0 Å². The highest BCUT2D eigenvalue weighted by atomic mass is 14.1. The lowest BCUT2D eigenvalue weighted by molar-refractivity contribution is 1.55. The number of fused-ring (bicyclic) bond motifs is 3. The van der Waals surface area contributed by atoms with Crippen molar-refractivity contribution in [2.24, 2.45) is 0 Å². The van der Waals surface area contributed by atoms with E-state index in [2.05, 4.69) is 194 Å². The molecule has 8 aromatic carbocycles. The van der Waals surface area contributed by atoms with Gasteiger partial charge in [-0.15, -0.1) is 0 Å². The Morgan fingerprint density at radius 1 is 0.304 bits per heavy atom. The summed E-state index contributed by atoms with van der Waals surface area (Å²) in [6.45, 7) is 0. The van der Waals surface area contributed by atoms with Crippen molar-refractivity contribution in [3.05, 3.63) is 204 Å². The number of benzene rings is 8. The van der Waals surface area contributed by atoms with Crippen molar-refractivity contribution in [1.29, 1.82) is 0 Å². The third-order valence-corrected chi connectivity index (χ3v) is 8.78. The third-order valence-electron chi connectivity index (χ3n) is 8.78. The molecule has 0 heterocycles. The first-order valence-electron chi connectivity index (χ1n) is 15.8. The van der Waals surface area contributed by atoms with Crippen LogP contribution in [0.25, 0.3) is 67.2 Å². The van der Waals surface area contributed by atoms with Crippen LogP contribution in [0.2, 0.25) is 0 Å². The van der Waals surface area contributed by atoms with Gasteiger partial charge in [-0.25, -0.2) is 0 Å². The zero-order valence-electron chi connectivity index (χ0n) is 25.5. The molecular formula is C46H32. The Morgan fingerprint density at radius 3 is 1.26 bits per heavy atom. The first-order chi connectivity index (χ1) is 22.7. The average molecular weight is 585 g/mol. The molecular weight excluding hydrogens is 553 g/mol. The minimum absolute atomic E-state index is 1.19. The van der Waals surface area contributed by atoms with Crippen LogP contribution in [0, 0.1) is 0 Å². The highest BCUT2D eigenvalue weighted by Crippen LogP contribution is 2.30. The highest BCUT2D eigenvalue weighted by molar-refractivity contribution is 5.95. The molecule has 46 heavy (non-hydrogen) atoms. The third kappa shape index (κ3) is 5.77. The second kappa shape index (κ2) is 12.2. The van der Waals surface area contributed by atoms with Crippen molar-refractivity contribution in [2.45, 2.75) is 0 Å². The second-order valence-corrected chi connectivity index (χ2v) is 11.9. The van der Waals surface area contributed by atoms with Crippen molar-refractivity contribution >= 4 is 56.1 Å². The Kier molecular flexibility index (Phi) is 7.30. The van der Waals surface area contributed by atoms with Crippen LogP contribution in [0.1, 0.15) is 27.8 Å². The molecule has 0 nitrogen and oxygen atoms in total. The molecule has 0 aromatic heterocycles. The van der Waals surface area contributed by atoms with Crippen molar-refractivity contribution in [1.82, 2.24) is 0 Å². The Morgan fingerprint density at radius 2 is 0.696 bits per heavy atom. The van der Waals surface area contributed by atoms with Crippen molar-refractivity contribution in [3.63, 3.8) is 0 Å². The lowest BCUT2D eigenvalue weighted by Gasteiger charge is -2.10. The van der Waals surface area contributed by atoms with Gasteiger partial charge in [0.1, 0.15) is 0 Å². The molecule has 0 aliphatic rings. The summed E-state index contributed by atoms with van der Waals surface area (Å²) in [6.07, 6.45) is 6.71. The first kappa shape index (κ1) is 27.6. The van der Waals surface area contributed by atoms with E-state index in [1.54, 1.807) is 0 Å². The maximum Gasteiger partial charge on any atom is -0.0105 e. The van der Waals surface area contributed by atoms with E-state index in [9.17, 15) is 0 Å². The van der Waals surface area contributed by atoms with Crippen LogP contribution in [0.3, 0.4) is 0 Å². The monoisotopic (exact) mass is 584 g/mol. The summed E-state index contributed by atoms with van der Waals surface area (Å²) in [5, 5.41) is 7.51. The fraction of sp³-hybridized carbons (Fsp3) is 0. The van der Waals surface area contributed by atoms with Gasteiger partial charge in [-0.05, 0) is 113 Å². The molecule has 0 heteroatoms. The van der Waals surface area contributed by atoms with E-state index >= 15 is 0 Å². The fourth-order valence-corrected chi connectivity index (χ4v) is 6.32. The molecule has 0 fully saturated rings. The van der Waals surface area contributed by atoms with Crippen LogP contribution in [0.5, 0.6) is 0 Å². The normalized spacial score (nSPS) is 11.4. The lowest BCUT2D eigenvalue weighted by atomic mass is 9.95. The number of hydrogen-bond acceptors (Lipinski definition) is 0. The van der Waals surface area contributed by atoms with E-state index in [1.165, 1.54) is 76.8 Å². The van der Waals surface area contributed by atoms with Gasteiger partial charge >= 0.3 is 0 Å². The van der Waals surface area contributed by atoms with E-state index in [0.717, 1.165) is 0 Å². The van der Waals surface area contributed by atoms with E-state index < -0.39 is 0 Å². The zero-order valence-corrected chi connectivity index (χ0v) is 25.5. The van der Waals surface area contributed by atoms with Gasteiger partial charge in [0, 0.05) is 0 Å². The summed E-state index contributed by atoms with van der Waals surface area (Å²) in [6, 6.07) is 63.4. The van der Waals surface area contributed by atoms with Gasteiger partial charge in [-0.3, -0.25) is 0 Å². The topological polar surface area (TPSA) is 0 Å². The molecule has 8 rings (SSSR count). The van der Waals surface area contributed by atoms with Gasteiger partial charge < -0.3 is 0 Å². The molecule has 0 unspecified atom stereocenters. The van der Waals surface area contributed by atoms with Crippen LogP contribution < -0.4 is 0 Å². The predicted molar refractivity (Wildman–Crippen MR) is 200 cm³/mol. The van der Waals surface area contributed by atoms with Gasteiger partial charge in [-0.2, -0.15) is 0 Å². The van der Waals surface area contributed by atoms with Crippen LogP contribution in [0.4, 0.5) is 0 Å². The molecule has 0 saturated carbocycles. The molecule has 0 spiro atoms. The molecule has 0 aliphatic carbocycles. The zero-order chi connectivity index (χ0) is 30.7. The van der Waals surface area contributed by atoms with Crippen LogP contribution >= 0.6 is 0 Å². The molecule has 0 atom stereocenters. The fourth-order valence-electron chi connectivity index (χ4n) is 6.32. The average Bonchev–Trinajstić information content (AvgIpc) is 3.13. The predicted octanol–water partition coefficient (Wildman–Crippen LogP) is 12.6. The smallest absolute Gasteiger partial charge is 0.0105 e. The Hall–Kier alpha value is -5.98. The minimum Gasteiger partial charge on any atom is -0.0622 e. The van der Waals surface area contributed by atoms with Crippen LogP contribution in [0.15, 0.2) is 176 Å². The van der Waals surface area contributed by atoms with Gasteiger partial charge in [0.15, 0.2) is 0 Å². The molecule has 0 radical (unpaired) electrons. The Labute approximate surface area is 270 Å². The van der Waals surface area contributed by atoms with Crippen molar-refractivity contribution in [3.8, 4) is 11.1 Å². The molecule has 0 saturated heterocycles. The van der Waals surface area contributed by atoms with Crippen LogP contribution in [-0.4, -0.2) is 0 Å². The van der Waals surface area contributed by atoms with E-state index in [0.29, 0.717) is 0 Å². The quantitative estimate of drug-likeness (QED) is 0.171. The summed E-state index contributed by atoms with van der Waals surface area (Å²) in [5.41, 5.74) is 9.72. The van der Waals surface area contributed by atoms with Gasteiger partial charge in [0.2, 0.25) is 0 Å². The second-order valence-electron chi connectivity index (χ2n) is 11.9. The molecule has 0 bridgehead atoms. The molecule has 8 aromatic rings. The van der Waals surface area contributed by atoms with Crippen LogP contribution in [-0.2, 0) is 0 Å². The SMILES string of the molecule is C(=Cc1ccc2cc(-c3ccc4ccccc4c3)ccc2c1)c1ccc2cc(C=C(c3ccccc3)c3ccccc3)ccc2c1. The first-order valence-corrected chi connectivity index (χ1v) is 15.8. The Balaban J connectivity index is 1.04. The van der Waals surface area contributed by atoms with E-state index in [-0.39, 0.29) is 0 Å².